The minimum atomic E-state index is -0.594. The first kappa shape index (κ1) is 12.0. The van der Waals surface area contributed by atoms with Crippen LogP contribution in [0.25, 0.3) is 0 Å². The second-order valence-corrected chi connectivity index (χ2v) is 3.72. The highest BCUT2D eigenvalue weighted by Crippen LogP contribution is 2.23. The molecule has 1 heterocycles. The number of nitrogens with zero attached hydrogens (tertiary/aromatic N) is 2. The van der Waals surface area contributed by atoms with Crippen LogP contribution in [0.15, 0.2) is 30.5 Å². The summed E-state index contributed by atoms with van der Waals surface area (Å²) in [7, 11) is 0. The number of aryl methyl sites for hydroxylation is 1. The van der Waals surface area contributed by atoms with Crippen LogP contribution in [0.2, 0.25) is 0 Å². The van der Waals surface area contributed by atoms with Gasteiger partial charge in [-0.25, -0.2) is 13.8 Å². The number of nitrogens with one attached hydrogen (secondary N) is 1. The standard InChI is InChI=1S/C13H9F2N3/c1-8-5-11(15)12(6-10(8)14)18-13-9(7-16)3-2-4-17-13/h2-6H,1H3,(H,17,18). The predicted molar refractivity (Wildman–Crippen MR) is 63.3 cm³/mol. The molecule has 1 N–H and O–H groups in total. The highest BCUT2D eigenvalue weighted by molar-refractivity contribution is 5.63. The van der Waals surface area contributed by atoms with Crippen molar-refractivity contribution in [2.45, 2.75) is 6.92 Å². The molecule has 0 saturated carbocycles. The number of anilines is 2. The summed E-state index contributed by atoms with van der Waals surface area (Å²) >= 11 is 0. The summed E-state index contributed by atoms with van der Waals surface area (Å²) in [6.07, 6.45) is 1.46. The normalized spacial score (nSPS) is 9.89. The molecule has 1 aromatic heterocycles. The summed E-state index contributed by atoms with van der Waals surface area (Å²) < 4.78 is 27.0. The Morgan fingerprint density at radius 1 is 1.28 bits per heavy atom. The Morgan fingerprint density at radius 3 is 2.78 bits per heavy atom. The van der Waals surface area contributed by atoms with Crippen molar-refractivity contribution < 1.29 is 8.78 Å². The molecule has 0 aliphatic carbocycles. The highest BCUT2D eigenvalue weighted by atomic mass is 19.1. The van der Waals surface area contributed by atoms with E-state index in [4.69, 9.17) is 5.26 Å². The minimum Gasteiger partial charge on any atom is -0.337 e. The number of aromatic nitrogens is 1. The summed E-state index contributed by atoms with van der Waals surface area (Å²) in [6, 6.07) is 7.18. The Hall–Kier alpha value is -2.48. The number of hydrogen-bond donors (Lipinski definition) is 1. The van der Waals surface area contributed by atoms with Crippen molar-refractivity contribution >= 4 is 11.5 Å². The van der Waals surface area contributed by atoms with Gasteiger partial charge in [-0.05, 0) is 30.7 Å². The first-order valence-electron chi connectivity index (χ1n) is 5.19. The van der Waals surface area contributed by atoms with Crippen molar-refractivity contribution in [3.05, 3.63) is 53.2 Å². The number of nitriles is 1. The number of hydrogen-bond acceptors (Lipinski definition) is 3. The second kappa shape index (κ2) is 4.80. The maximum atomic E-state index is 13.6. The van der Waals surface area contributed by atoms with Gasteiger partial charge in [0.1, 0.15) is 23.5 Å². The summed E-state index contributed by atoms with van der Waals surface area (Å²) in [5, 5.41) is 11.5. The third-order valence-corrected chi connectivity index (χ3v) is 2.43. The molecule has 3 nitrogen and oxygen atoms in total. The summed E-state index contributed by atoms with van der Waals surface area (Å²) in [6.45, 7) is 1.48. The van der Waals surface area contributed by atoms with Crippen LogP contribution in [0.5, 0.6) is 0 Å². The van der Waals surface area contributed by atoms with Gasteiger partial charge in [-0.2, -0.15) is 5.26 Å². The highest BCUT2D eigenvalue weighted by Gasteiger charge is 2.10. The Labute approximate surface area is 103 Å². The van der Waals surface area contributed by atoms with Gasteiger partial charge in [0, 0.05) is 12.3 Å². The number of rotatable bonds is 2. The quantitative estimate of drug-likeness (QED) is 0.883. The summed E-state index contributed by atoms with van der Waals surface area (Å²) in [4.78, 5) is 3.92. The van der Waals surface area contributed by atoms with E-state index in [0.29, 0.717) is 0 Å². The SMILES string of the molecule is Cc1cc(F)c(Nc2ncccc2C#N)cc1F. The van der Waals surface area contributed by atoms with Crippen LogP contribution in [0.3, 0.4) is 0 Å². The van der Waals surface area contributed by atoms with E-state index >= 15 is 0 Å². The first-order chi connectivity index (χ1) is 8.61. The zero-order valence-electron chi connectivity index (χ0n) is 9.54. The Morgan fingerprint density at radius 2 is 2.06 bits per heavy atom. The molecular weight excluding hydrogens is 236 g/mol. The molecule has 2 rings (SSSR count). The smallest absolute Gasteiger partial charge is 0.148 e. The molecule has 1 aromatic carbocycles. The molecule has 0 bridgehead atoms. The van der Waals surface area contributed by atoms with Crippen LogP contribution >= 0.6 is 0 Å². The number of pyridine rings is 1. The molecule has 0 aliphatic heterocycles. The van der Waals surface area contributed by atoms with Crippen LogP contribution in [0.1, 0.15) is 11.1 Å². The maximum absolute atomic E-state index is 13.6. The molecule has 0 saturated heterocycles. The lowest BCUT2D eigenvalue weighted by atomic mass is 10.2. The fourth-order valence-corrected chi connectivity index (χ4v) is 1.46. The van der Waals surface area contributed by atoms with Crippen molar-refractivity contribution in [1.82, 2.24) is 4.98 Å². The number of benzene rings is 1. The van der Waals surface area contributed by atoms with Crippen molar-refractivity contribution in [1.29, 1.82) is 5.26 Å². The lowest BCUT2D eigenvalue weighted by Crippen LogP contribution is -2.00. The average Bonchev–Trinajstić information content (AvgIpc) is 2.36. The molecule has 2 aromatic rings. The Bertz CT molecular complexity index is 633. The van der Waals surface area contributed by atoms with Crippen LogP contribution in [-0.4, -0.2) is 4.98 Å². The fourth-order valence-electron chi connectivity index (χ4n) is 1.46. The van der Waals surface area contributed by atoms with Gasteiger partial charge in [0.2, 0.25) is 0 Å². The Balaban J connectivity index is 2.41. The minimum absolute atomic E-state index is 0.0479. The molecule has 18 heavy (non-hydrogen) atoms. The zero-order valence-corrected chi connectivity index (χ0v) is 9.54. The van der Waals surface area contributed by atoms with E-state index in [1.165, 1.54) is 19.2 Å². The number of halogens is 2. The monoisotopic (exact) mass is 245 g/mol. The summed E-state index contributed by atoms with van der Waals surface area (Å²) in [5.74, 6) is -0.918. The van der Waals surface area contributed by atoms with Gasteiger partial charge in [-0.3, -0.25) is 0 Å². The van der Waals surface area contributed by atoms with Crippen LogP contribution in [-0.2, 0) is 0 Å². The molecular formula is C13H9F2N3. The van der Waals surface area contributed by atoms with Gasteiger partial charge in [0.25, 0.3) is 0 Å². The molecule has 90 valence electrons. The lowest BCUT2D eigenvalue weighted by Gasteiger charge is -2.09. The fraction of sp³-hybridized carbons (Fsp3) is 0.0769. The van der Waals surface area contributed by atoms with Crippen molar-refractivity contribution in [3.8, 4) is 6.07 Å². The van der Waals surface area contributed by atoms with E-state index in [0.717, 1.165) is 12.1 Å². The second-order valence-electron chi connectivity index (χ2n) is 3.72. The van der Waals surface area contributed by atoms with Crippen LogP contribution in [0, 0.1) is 29.9 Å². The van der Waals surface area contributed by atoms with Gasteiger partial charge >= 0.3 is 0 Å². The summed E-state index contributed by atoms with van der Waals surface area (Å²) in [5.41, 5.74) is 0.436. The van der Waals surface area contributed by atoms with Crippen molar-refractivity contribution in [3.63, 3.8) is 0 Å². The molecule has 0 fully saturated rings. The third kappa shape index (κ3) is 2.28. The van der Waals surface area contributed by atoms with Gasteiger partial charge in [0.05, 0.1) is 11.3 Å². The Kier molecular flexibility index (Phi) is 3.20. The van der Waals surface area contributed by atoms with E-state index in [2.05, 4.69) is 10.3 Å². The molecule has 0 amide bonds. The van der Waals surface area contributed by atoms with Gasteiger partial charge in [0.15, 0.2) is 0 Å². The largest absolute Gasteiger partial charge is 0.337 e. The van der Waals surface area contributed by atoms with Crippen molar-refractivity contribution in [2.24, 2.45) is 0 Å². The maximum Gasteiger partial charge on any atom is 0.148 e. The molecule has 0 spiro atoms. The van der Waals surface area contributed by atoms with Crippen LogP contribution in [0.4, 0.5) is 20.3 Å². The van der Waals surface area contributed by atoms with E-state index in [9.17, 15) is 8.78 Å². The zero-order chi connectivity index (χ0) is 13.1. The van der Waals surface area contributed by atoms with Crippen molar-refractivity contribution in [2.75, 3.05) is 5.32 Å². The van der Waals surface area contributed by atoms with E-state index < -0.39 is 11.6 Å². The van der Waals surface area contributed by atoms with Gasteiger partial charge < -0.3 is 5.32 Å². The molecule has 0 radical (unpaired) electrons. The molecule has 0 aliphatic rings. The average molecular weight is 245 g/mol. The predicted octanol–water partition coefficient (Wildman–Crippen LogP) is 3.28. The van der Waals surface area contributed by atoms with Gasteiger partial charge in [-0.15, -0.1) is 0 Å². The van der Waals surface area contributed by atoms with E-state index in [1.807, 2.05) is 6.07 Å². The molecule has 0 unspecified atom stereocenters. The topological polar surface area (TPSA) is 48.7 Å². The first-order valence-corrected chi connectivity index (χ1v) is 5.19. The van der Waals surface area contributed by atoms with E-state index in [-0.39, 0.29) is 22.6 Å². The van der Waals surface area contributed by atoms with Gasteiger partial charge in [-0.1, -0.05) is 0 Å². The third-order valence-electron chi connectivity index (χ3n) is 2.43. The molecule has 5 heteroatoms. The van der Waals surface area contributed by atoms with E-state index in [1.54, 1.807) is 6.07 Å². The van der Waals surface area contributed by atoms with Crippen LogP contribution < -0.4 is 5.32 Å². The molecule has 0 atom stereocenters. The lowest BCUT2D eigenvalue weighted by molar-refractivity contribution is 0.595.